The molecule has 9 heteroatoms. The van der Waals surface area contributed by atoms with Gasteiger partial charge in [-0.15, -0.1) is 12.4 Å². The first kappa shape index (κ1) is 24.1. The number of pyridine rings is 1. The van der Waals surface area contributed by atoms with Crippen LogP contribution in [0, 0.1) is 5.92 Å². The maximum atomic E-state index is 13.6. The predicted molar refractivity (Wildman–Crippen MR) is 115 cm³/mol. The summed E-state index contributed by atoms with van der Waals surface area (Å²) >= 11 is 0. The van der Waals surface area contributed by atoms with Crippen LogP contribution >= 0.6 is 12.4 Å². The van der Waals surface area contributed by atoms with Crippen LogP contribution in [0.4, 0.5) is 0 Å². The molecule has 1 aromatic carbocycles. The van der Waals surface area contributed by atoms with E-state index in [0.717, 1.165) is 18.4 Å². The van der Waals surface area contributed by atoms with Gasteiger partial charge < -0.3 is 9.84 Å². The van der Waals surface area contributed by atoms with Crippen LogP contribution in [0.2, 0.25) is 0 Å². The van der Waals surface area contributed by atoms with Crippen LogP contribution < -0.4 is 4.74 Å². The molecule has 30 heavy (non-hydrogen) atoms. The summed E-state index contributed by atoms with van der Waals surface area (Å²) in [5.41, 5.74) is 0.816. The third-order valence-electron chi connectivity index (χ3n) is 5.43. The smallest absolute Gasteiger partial charge is 0.303 e. The average Bonchev–Trinajstić information content (AvgIpc) is 2.73. The molecule has 164 valence electrons. The molecule has 2 aromatic rings. The van der Waals surface area contributed by atoms with Crippen molar-refractivity contribution in [3.8, 4) is 5.75 Å². The van der Waals surface area contributed by atoms with E-state index in [4.69, 9.17) is 4.74 Å². The molecule has 1 saturated carbocycles. The van der Waals surface area contributed by atoms with Crippen molar-refractivity contribution >= 4 is 28.4 Å². The Kier molecular flexibility index (Phi) is 8.64. The van der Waals surface area contributed by atoms with E-state index in [0.29, 0.717) is 18.6 Å². The zero-order valence-electron chi connectivity index (χ0n) is 16.8. The first-order valence-corrected chi connectivity index (χ1v) is 11.1. The molecule has 0 bridgehead atoms. The third kappa shape index (κ3) is 5.71. The molecule has 1 aliphatic rings. The highest BCUT2D eigenvalue weighted by molar-refractivity contribution is 7.89. The zero-order chi connectivity index (χ0) is 20.9. The molecule has 1 fully saturated rings. The minimum absolute atomic E-state index is 0. The summed E-state index contributed by atoms with van der Waals surface area (Å²) in [6, 6.07) is 9.50. The molecular formula is C21H27ClN2O5S. The molecule has 0 spiro atoms. The second-order valence-corrected chi connectivity index (χ2v) is 9.18. The van der Waals surface area contributed by atoms with Gasteiger partial charge in [0.1, 0.15) is 5.75 Å². The summed E-state index contributed by atoms with van der Waals surface area (Å²) in [7, 11) is -2.30. The second-order valence-electron chi connectivity index (χ2n) is 7.29. The van der Waals surface area contributed by atoms with Gasteiger partial charge in [-0.2, -0.15) is 4.31 Å². The van der Waals surface area contributed by atoms with Crippen LogP contribution in [0.3, 0.4) is 0 Å². The van der Waals surface area contributed by atoms with Crippen molar-refractivity contribution in [1.82, 2.24) is 9.29 Å². The standard InChI is InChI=1S/C21H26N2O5S.ClH/c1-28-18-6-8-19(9-7-18)29(26,27)23(15-16-10-12-22-13-11-16)20-5-3-2-4-17(20)14-21(24)25;/h6-13,17,20H,2-5,14-15H2,1H3,(H,24,25);1H. The molecule has 0 radical (unpaired) electrons. The lowest BCUT2D eigenvalue weighted by molar-refractivity contribution is -0.138. The first-order valence-electron chi connectivity index (χ1n) is 9.68. The molecule has 2 atom stereocenters. The van der Waals surface area contributed by atoms with E-state index in [1.165, 1.54) is 23.5 Å². The van der Waals surface area contributed by atoms with Crippen LogP contribution in [0.5, 0.6) is 5.75 Å². The van der Waals surface area contributed by atoms with Crippen molar-refractivity contribution in [2.45, 2.75) is 49.6 Å². The zero-order valence-corrected chi connectivity index (χ0v) is 18.4. The van der Waals surface area contributed by atoms with Crippen molar-refractivity contribution in [2.75, 3.05) is 7.11 Å². The summed E-state index contributed by atoms with van der Waals surface area (Å²) in [6.45, 7) is 0.178. The van der Waals surface area contributed by atoms with Crippen molar-refractivity contribution < 1.29 is 23.1 Å². The Morgan fingerprint density at radius 2 is 1.77 bits per heavy atom. The van der Waals surface area contributed by atoms with Gasteiger partial charge in [0.15, 0.2) is 0 Å². The average molecular weight is 455 g/mol. The van der Waals surface area contributed by atoms with Crippen LogP contribution in [-0.2, 0) is 21.4 Å². The number of benzene rings is 1. The number of methoxy groups -OCH3 is 1. The summed E-state index contributed by atoms with van der Waals surface area (Å²) < 4.78 is 33.8. The number of sulfonamides is 1. The number of hydrogen-bond acceptors (Lipinski definition) is 5. The Balaban J connectivity index is 0.00000320. The van der Waals surface area contributed by atoms with Gasteiger partial charge in [-0.3, -0.25) is 9.78 Å². The number of halogens is 1. The second kappa shape index (κ2) is 10.7. The van der Waals surface area contributed by atoms with Crippen molar-refractivity contribution in [3.63, 3.8) is 0 Å². The van der Waals surface area contributed by atoms with Crippen LogP contribution in [-0.4, -0.2) is 41.9 Å². The minimum atomic E-state index is -3.83. The summed E-state index contributed by atoms with van der Waals surface area (Å²) in [5.74, 6) is -0.533. The van der Waals surface area contributed by atoms with Crippen LogP contribution in [0.15, 0.2) is 53.7 Å². The highest BCUT2D eigenvalue weighted by Gasteiger charge is 2.38. The molecule has 0 amide bonds. The lowest BCUT2D eigenvalue weighted by Crippen LogP contribution is -2.46. The number of carbonyl (C=O) groups is 1. The number of rotatable bonds is 8. The van der Waals surface area contributed by atoms with E-state index < -0.39 is 16.0 Å². The van der Waals surface area contributed by atoms with Crippen molar-refractivity contribution in [2.24, 2.45) is 5.92 Å². The Hall–Kier alpha value is -2.16. The Morgan fingerprint density at radius 3 is 2.37 bits per heavy atom. The topological polar surface area (TPSA) is 96.8 Å². The minimum Gasteiger partial charge on any atom is -0.497 e. The predicted octanol–water partition coefficient (Wildman–Crippen LogP) is 3.74. The highest BCUT2D eigenvalue weighted by Crippen LogP contribution is 2.35. The van der Waals surface area contributed by atoms with E-state index in [2.05, 4.69) is 4.98 Å². The fourth-order valence-electron chi connectivity index (χ4n) is 3.96. The van der Waals surface area contributed by atoms with Crippen molar-refractivity contribution in [3.05, 3.63) is 54.4 Å². The van der Waals surface area contributed by atoms with Crippen LogP contribution in [0.1, 0.15) is 37.7 Å². The van der Waals surface area contributed by atoms with Gasteiger partial charge in [0, 0.05) is 31.4 Å². The maximum absolute atomic E-state index is 13.6. The number of aromatic nitrogens is 1. The van der Waals surface area contributed by atoms with E-state index >= 15 is 0 Å². The summed E-state index contributed by atoms with van der Waals surface area (Å²) in [4.78, 5) is 15.6. The maximum Gasteiger partial charge on any atom is 0.303 e. The molecule has 0 saturated heterocycles. The van der Waals surface area contributed by atoms with Gasteiger partial charge in [0.05, 0.1) is 12.0 Å². The van der Waals surface area contributed by atoms with Gasteiger partial charge in [-0.1, -0.05) is 12.8 Å². The van der Waals surface area contributed by atoms with Gasteiger partial charge in [-0.05, 0) is 60.7 Å². The molecule has 0 aliphatic heterocycles. The van der Waals surface area contributed by atoms with Gasteiger partial charge in [0.25, 0.3) is 0 Å². The third-order valence-corrected chi connectivity index (χ3v) is 7.31. The highest BCUT2D eigenvalue weighted by atomic mass is 35.5. The van der Waals surface area contributed by atoms with Crippen LogP contribution in [0.25, 0.3) is 0 Å². The lowest BCUT2D eigenvalue weighted by atomic mass is 9.82. The van der Waals surface area contributed by atoms with Gasteiger partial charge >= 0.3 is 5.97 Å². The molecule has 7 nitrogen and oxygen atoms in total. The van der Waals surface area contributed by atoms with Gasteiger partial charge in [0.2, 0.25) is 10.0 Å². The van der Waals surface area contributed by atoms with Crippen molar-refractivity contribution in [1.29, 1.82) is 0 Å². The molecule has 1 N–H and O–H groups in total. The van der Waals surface area contributed by atoms with E-state index in [9.17, 15) is 18.3 Å². The molecule has 2 unspecified atom stereocenters. The molecule has 1 heterocycles. The Bertz CT molecular complexity index is 922. The van der Waals surface area contributed by atoms with E-state index in [-0.39, 0.29) is 42.2 Å². The normalized spacial score (nSPS) is 19.1. The molecule has 3 rings (SSSR count). The lowest BCUT2D eigenvalue weighted by Gasteiger charge is -2.38. The molecule has 1 aromatic heterocycles. The first-order chi connectivity index (χ1) is 13.9. The number of ether oxygens (including phenoxy) is 1. The van der Waals surface area contributed by atoms with Gasteiger partial charge in [-0.25, -0.2) is 8.42 Å². The molecular weight excluding hydrogens is 428 g/mol. The summed E-state index contributed by atoms with van der Waals surface area (Å²) in [5, 5.41) is 9.34. The SMILES string of the molecule is COc1ccc(S(=O)(=O)N(Cc2ccncc2)C2CCCCC2CC(=O)O)cc1.Cl. The summed E-state index contributed by atoms with van der Waals surface area (Å²) in [6.07, 6.45) is 6.38. The molecule has 1 aliphatic carbocycles. The number of hydrogen-bond donors (Lipinski definition) is 1. The number of nitrogens with zero attached hydrogens (tertiary/aromatic N) is 2. The Morgan fingerprint density at radius 1 is 1.13 bits per heavy atom. The monoisotopic (exact) mass is 454 g/mol. The van der Waals surface area contributed by atoms with E-state index in [1.807, 2.05) is 0 Å². The fourth-order valence-corrected chi connectivity index (χ4v) is 5.67. The number of aliphatic carboxylic acids is 1. The number of carboxylic acids is 1. The fraction of sp³-hybridized carbons (Fsp3) is 0.429. The number of carboxylic acid groups (broad SMARTS) is 1. The largest absolute Gasteiger partial charge is 0.497 e. The van der Waals surface area contributed by atoms with E-state index in [1.54, 1.807) is 36.7 Å². The quantitative estimate of drug-likeness (QED) is 0.652. The Labute approximate surface area is 183 Å².